The lowest BCUT2D eigenvalue weighted by Gasteiger charge is -2.29. The van der Waals surface area contributed by atoms with E-state index in [1.165, 1.54) is 36.1 Å². The first-order chi connectivity index (χ1) is 16.7. The maximum absolute atomic E-state index is 13.1. The predicted octanol–water partition coefficient (Wildman–Crippen LogP) is 2.72. The summed E-state index contributed by atoms with van der Waals surface area (Å²) in [6, 6.07) is 13.4. The summed E-state index contributed by atoms with van der Waals surface area (Å²) in [6.45, 7) is 0.902. The van der Waals surface area contributed by atoms with Gasteiger partial charge in [-0.25, -0.2) is 4.79 Å². The number of thioether (sulfide) groups is 1. The summed E-state index contributed by atoms with van der Waals surface area (Å²) in [5, 5.41) is 21.8. The number of nitro groups is 1. The second-order valence-corrected chi connectivity index (χ2v) is 9.48. The molecule has 0 bridgehead atoms. The molecule has 0 radical (unpaired) electrons. The van der Waals surface area contributed by atoms with Crippen LogP contribution in [0.2, 0.25) is 0 Å². The standard InChI is InChI=1S/C24H25N3O7S/c1-15(28)35-21(13-16-7-9-18(10-8-16)27(33)34)23(30)25-14-22(29)26-19(11-12-20(26)24(31)32)17-5-3-2-4-6-17/h2-10,19-21H,11-14H2,1H3,(H,25,30)(H,31,32). The number of hydrogen-bond acceptors (Lipinski definition) is 7. The molecule has 3 rings (SSSR count). The summed E-state index contributed by atoms with van der Waals surface area (Å²) >= 11 is 0.796. The first kappa shape index (κ1) is 25.9. The van der Waals surface area contributed by atoms with E-state index in [2.05, 4.69) is 5.32 Å². The van der Waals surface area contributed by atoms with E-state index < -0.39 is 46.6 Å². The maximum Gasteiger partial charge on any atom is 0.326 e. The molecular weight excluding hydrogens is 474 g/mol. The van der Waals surface area contributed by atoms with Crippen molar-refractivity contribution < 1.29 is 29.2 Å². The molecule has 0 aromatic heterocycles. The van der Waals surface area contributed by atoms with Crippen molar-refractivity contribution in [3.05, 3.63) is 75.8 Å². The normalized spacial score (nSPS) is 18.0. The van der Waals surface area contributed by atoms with Crippen molar-refractivity contribution in [3.8, 4) is 0 Å². The van der Waals surface area contributed by atoms with E-state index >= 15 is 0 Å². The number of rotatable bonds is 9. The molecule has 10 nitrogen and oxygen atoms in total. The number of carbonyl (C=O) groups is 4. The lowest BCUT2D eigenvalue weighted by atomic mass is 10.0. The first-order valence-corrected chi connectivity index (χ1v) is 11.8. The minimum absolute atomic E-state index is 0.0915. The number of benzene rings is 2. The third kappa shape index (κ3) is 6.66. The van der Waals surface area contributed by atoms with Gasteiger partial charge in [0.15, 0.2) is 5.12 Å². The van der Waals surface area contributed by atoms with Gasteiger partial charge in [0, 0.05) is 19.1 Å². The summed E-state index contributed by atoms with van der Waals surface area (Å²) in [5.74, 6) is -2.19. The van der Waals surface area contributed by atoms with E-state index in [1.54, 1.807) is 0 Å². The number of likely N-dealkylation sites (tertiary alicyclic amines) is 1. The van der Waals surface area contributed by atoms with Crippen LogP contribution in [-0.4, -0.2) is 55.7 Å². The third-order valence-electron chi connectivity index (χ3n) is 5.73. The molecule has 2 amide bonds. The SMILES string of the molecule is CC(=O)SC(Cc1ccc([N+](=O)[O-])cc1)C(=O)NCC(=O)N1C(C(=O)O)CCC1c1ccccc1. The number of nitro benzene ring substituents is 1. The fraction of sp³-hybridized carbons (Fsp3) is 0.333. The van der Waals surface area contributed by atoms with Gasteiger partial charge in [-0.3, -0.25) is 24.5 Å². The number of hydrogen-bond donors (Lipinski definition) is 2. The van der Waals surface area contributed by atoms with Crippen LogP contribution in [0.3, 0.4) is 0 Å². The van der Waals surface area contributed by atoms with Crippen molar-refractivity contribution in [1.82, 2.24) is 10.2 Å². The molecule has 0 spiro atoms. The number of carbonyl (C=O) groups excluding carboxylic acids is 3. The molecule has 0 aliphatic carbocycles. The van der Waals surface area contributed by atoms with Crippen LogP contribution < -0.4 is 5.32 Å². The van der Waals surface area contributed by atoms with Gasteiger partial charge in [-0.15, -0.1) is 0 Å². The van der Waals surface area contributed by atoms with E-state index in [0.29, 0.717) is 18.4 Å². The largest absolute Gasteiger partial charge is 0.480 e. The van der Waals surface area contributed by atoms with Gasteiger partial charge in [-0.1, -0.05) is 54.2 Å². The number of amides is 2. The molecule has 0 saturated carbocycles. The number of non-ortho nitro benzene ring substituents is 1. The van der Waals surface area contributed by atoms with Crippen LogP contribution in [-0.2, 0) is 25.6 Å². The fourth-order valence-electron chi connectivity index (χ4n) is 4.13. The smallest absolute Gasteiger partial charge is 0.326 e. The summed E-state index contributed by atoms with van der Waals surface area (Å²) in [4.78, 5) is 61.0. The Bertz CT molecular complexity index is 1110. The van der Waals surface area contributed by atoms with Crippen molar-refractivity contribution in [3.63, 3.8) is 0 Å². The Morgan fingerprint density at radius 2 is 1.77 bits per heavy atom. The summed E-state index contributed by atoms with van der Waals surface area (Å²) in [6.07, 6.45) is 0.914. The van der Waals surface area contributed by atoms with Gasteiger partial charge in [0.1, 0.15) is 6.04 Å². The van der Waals surface area contributed by atoms with Crippen LogP contribution >= 0.6 is 11.8 Å². The van der Waals surface area contributed by atoms with Gasteiger partial charge in [-0.2, -0.15) is 0 Å². The van der Waals surface area contributed by atoms with Crippen molar-refractivity contribution in [2.75, 3.05) is 6.54 Å². The Morgan fingerprint density at radius 3 is 2.34 bits per heavy atom. The van der Waals surface area contributed by atoms with Gasteiger partial charge in [-0.05, 0) is 30.4 Å². The maximum atomic E-state index is 13.1. The molecule has 3 atom stereocenters. The zero-order valence-electron chi connectivity index (χ0n) is 19.0. The zero-order valence-corrected chi connectivity index (χ0v) is 19.8. The molecule has 1 aliphatic heterocycles. The van der Waals surface area contributed by atoms with Crippen LogP contribution in [0.15, 0.2) is 54.6 Å². The Kier molecular flexibility index (Phi) is 8.58. The molecule has 2 aromatic carbocycles. The molecule has 2 aromatic rings. The van der Waals surface area contributed by atoms with Crippen molar-refractivity contribution >= 4 is 40.3 Å². The van der Waals surface area contributed by atoms with Crippen LogP contribution in [0.25, 0.3) is 0 Å². The Morgan fingerprint density at radius 1 is 1.11 bits per heavy atom. The van der Waals surface area contributed by atoms with E-state index in [1.807, 2.05) is 30.3 Å². The van der Waals surface area contributed by atoms with Crippen LogP contribution in [0.4, 0.5) is 5.69 Å². The molecule has 184 valence electrons. The van der Waals surface area contributed by atoms with Gasteiger partial charge in [0.2, 0.25) is 11.8 Å². The van der Waals surface area contributed by atoms with Gasteiger partial charge in [0.05, 0.1) is 22.8 Å². The topological polar surface area (TPSA) is 147 Å². The average molecular weight is 500 g/mol. The lowest BCUT2D eigenvalue weighted by Crippen LogP contribution is -2.47. The molecule has 1 fully saturated rings. The third-order valence-corrected chi connectivity index (χ3v) is 6.72. The average Bonchev–Trinajstić information content (AvgIpc) is 3.28. The van der Waals surface area contributed by atoms with Gasteiger partial charge in [0.25, 0.3) is 5.69 Å². The van der Waals surface area contributed by atoms with Gasteiger partial charge >= 0.3 is 5.97 Å². The second-order valence-electron chi connectivity index (χ2n) is 8.10. The van der Waals surface area contributed by atoms with Crippen molar-refractivity contribution in [2.45, 2.75) is 43.5 Å². The number of carboxylic acid groups (broad SMARTS) is 1. The molecule has 3 unspecified atom stereocenters. The highest BCUT2D eigenvalue weighted by Gasteiger charge is 2.41. The Hall–Kier alpha value is -3.73. The molecular formula is C24H25N3O7S. The highest BCUT2D eigenvalue weighted by molar-refractivity contribution is 8.14. The van der Waals surface area contributed by atoms with E-state index in [-0.39, 0.29) is 17.2 Å². The van der Waals surface area contributed by atoms with E-state index in [0.717, 1.165) is 17.3 Å². The number of nitrogens with one attached hydrogen (secondary N) is 1. The quantitative estimate of drug-likeness (QED) is 0.395. The molecule has 1 aliphatic rings. The second kappa shape index (κ2) is 11.6. The Labute approximate surface area is 205 Å². The highest BCUT2D eigenvalue weighted by atomic mass is 32.2. The fourth-order valence-corrected chi connectivity index (χ4v) is 4.99. The number of carboxylic acids is 1. The van der Waals surface area contributed by atoms with E-state index in [9.17, 15) is 34.4 Å². The molecule has 11 heteroatoms. The monoisotopic (exact) mass is 499 g/mol. The van der Waals surface area contributed by atoms with Crippen molar-refractivity contribution in [1.29, 1.82) is 0 Å². The number of nitrogens with zero attached hydrogens (tertiary/aromatic N) is 2. The molecule has 2 N–H and O–H groups in total. The van der Waals surface area contributed by atoms with Crippen molar-refractivity contribution in [2.24, 2.45) is 0 Å². The predicted molar refractivity (Wildman–Crippen MR) is 129 cm³/mol. The van der Waals surface area contributed by atoms with Crippen LogP contribution in [0.5, 0.6) is 0 Å². The molecule has 1 saturated heterocycles. The van der Waals surface area contributed by atoms with Gasteiger partial charge < -0.3 is 15.3 Å². The minimum atomic E-state index is -1.11. The number of aliphatic carboxylic acids is 1. The highest BCUT2D eigenvalue weighted by Crippen LogP contribution is 2.36. The Balaban J connectivity index is 1.70. The first-order valence-electron chi connectivity index (χ1n) is 10.9. The summed E-state index contributed by atoms with van der Waals surface area (Å²) in [5.41, 5.74) is 1.34. The van der Waals surface area contributed by atoms with E-state index in [4.69, 9.17) is 0 Å². The summed E-state index contributed by atoms with van der Waals surface area (Å²) in [7, 11) is 0. The lowest BCUT2D eigenvalue weighted by molar-refractivity contribution is -0.384. The molecule has 35 heavy (non-hydrogen) atoms. The molecule has 1 heterocycles. The zero-order chi connectivity index (χ0) is 25.5. The van der Waals surface area contributed by atoms with Crippen LogP contribution in [0.1, 0.15) is 36.9 Å². The summed E-state index contributed by atoms with van der Waals surface area (Å²) < 4.78 is 0. The van der Waals surface area contributed by atoms with Crippen LogP contribution in [0, 0.1) is 10.1 Å². The minimum Gasteiger partial charge on any atom is -0.480 e.